The average Bonchev–Trinajstić information content (AvgIpc) is 2.92. The second kappa shape index (κ2) is 6.94. The third-order valence-electron chi connectivity index (χ3n) is 4.53. The molecule has 0 saturated carbocycles. The summed E-state index contributed by atoms with van der Waals surface area (Å²) in [5, 5.41) is 0. The second-order valence-electron chi connectivity index (χ2n) is 7.63. The molecule has 1 aliphatic heterocycles. The van der Waals surface area contributed by atoms with Crippen LogP contribution >= 0.6 is 0 Å². The first-order chi connectivity index (χ1) is 12.3. The van der Waals surface area contributed by atoms with Crippen LogP contribution in [0, 0.1) is 0 Å². The van der Waals surface area contributed by atoms with E-state index >= 15 is 0 Å². The first-order valence-corrected chi connectivity index (χ1v) is 9.02. The topological polar surface area (TPSA) is 46.6 Å². The minimum atomic E-state index is -0.502. The molecule has 0 bridgehead atoms. The lowest BCUT2D eigenvalue weighted by molar-refractivity contribution is -0.156. The van der Waals surface area contributed by atoms with Crippen LogP contribution in [0.3, 0.4) is 0 Å². The minimum absolute atomic E-state index is 0.0209. The van der Waals surface area contributed by atoms with Crippen molar-refractivity contribution in [1.82, 2.24) is 0 Å². The summed E-state index contributed by atoms with van der Waals surface area (Å²) < 4.78 is 5.53. The largest absolute Gasteiger partial charge is 0.459 e. The van der Waals surface area contributed by atoms with Crippen molar-refractivity contribution in [2.24, 2.45) is 0 Å². The van der Waals surface area contributed by atoms with Crippen molar-refractivity contribution in [3.8, 4) is 0 Å². The molecule has 0 aliphatic carbocycles. The fourth-order valence-electron chi connectivity index (χ4n) is 3.26. The van der Waals surface area contributed by atoms with Gasteiger partial charge in [-0.2, -0.15) is 0 Å². The van der Waals surface area contributed by atoms with Crippen molar-refractivity contribution >= 4 is 17.6 Å². The Balaban J connectivity index is 1.79. The molecule has 3 rings (SSSR count). The van der Waals surface area contributed by atoms with E-state index in [-0.39, 0.29) is 17.8 Å². The number of carbonyl (C=O) groups is 2. The van der Waals surface area contributed by atoms with Gasteiger partial charge >= 0.3 is 5.97 Å². The second-order valence-corrected chi connectivity index (χ2v) is 7.63. The average molecular weight is 351 g/mol. The van der Waals surface area contributed by atoms with Gasteiger partial charge in [0.25, 0.3) is 5.91 Å². The van der Waals surface area contributed by atoms with Crippen molar-refractivity contribution in [1.29, 1.82) is 0 Å². The molecule has 1 amide bonds. The third-order valence-corrected chi connectivity index (χ3v) is 4.53. The standard InChI is InChI=1S/C22H25NO3/c1-5-18(21(25)26-22(2,3)4)15-10-12-17(13-11-15)23-14-16-8-6-7-9-19(16)20(23)24/h6-13,18H,5,14H2,1-4H3. The molecule has 0 spiro atoms. The molecule has 0 N–H and O–H groups in total. The highest BCUT2D eigenvalue weighted by atomic mass is 16.6. The number of rotatable bonds is 4. The summed E-state index contributed by atoms with van der Waals surface area (Å²) in [6.07, 6.45) is 0.669. The Morgan fingerprint density at radius 3 is 2.35 bits per heavy atom. The van der Waals surface area contributed by atoms with Gasteiger partial charge < -0.3 is 9.64 Å². The normalized spacial score (nSPS) is 14.9. The highest BCUT2D eigenvalue weighted by Gasteiger charge is 2.29. The molecule has 2 aromatic carbocycles. The van der Waals surface area contributed by atoms with Crippen molar-refractivity contribution in [2.45, 2.75) is 52.2 Å². The number of anilines is 1. The summed E-state index contributed by atoms with van der Waals surface area (Å²) in [6.45, 7) is 8.17. The van der Waals surface area contributed by atoms with Crippen LogP contribution in [0.5, 0.6) is 0 Å². The molecular weight excluding hydrogens is 326 g/mol. The zero-order valence-corrected chi connectivity index (χ0v) is 15.8. The summed E-state index contributed by atoms with van der Waals surface area (Å²) in [5.41, 5.74) is 3.06. The molecule has 0 aromatic heterocycles. The Morgan fingerprint density at radius 2 is 1.77 bits per heavy atom. The quantitative estimate of drug-likeness (QED) is 0.751. The maximum absolute atomic E-state index is 12.6. The number of esters is 1. The van der Waals surface area contributed by atoms with Crippen LogP contribution in [-0.4, -0.2) is 17.5 Å². The minimum Gasteiger partial charge on any atom is -0.459 e. The lowest BCUT2D eigenvalue weighted by atomic mass is 9.96. The molecule has 0 fully saturated rings. The number of carbonyl (C=O) groups excluding carboxylic acids is 2. The van der Waals surface area contributed by atoms with Gasteiger partial charge in [-0.05, 0) is 56.5 Å². The fraction of sp³-hybridized carbons (Fsp3) is 0.364. The molecule has 0 saturated heterocycles. The maximum Gasteiger partial charge on any atom is 0.313 e. The zero-order valence-electron chi connectivity index (χ0n) is 15.8. The van der Waals surface area contributed by atoms with E-state index in [1.807, 2.05) is 76.2 Å². The van der Waals surface area contributed by atoms with Crippen LogP contribution < -0.4 is 4.90 Å². The van der Waals surface area contributed by atoms with Gasteiger partial charge in [0.15, 0.2) is 0 Å². The van der Waals surface area contributed by atoms with Crippen molar-refractivity contribution in [3.05, 3.63) is 65.2 Å². The van der Waals surface area contributed by atoms with Crippen LogP contribution in [0.25, 0.3) is 0 Å². The lowest BCUT2D eigenvalue weighted by Crippen LogP contribution is -2.27. The molecule has 26 heavy (non-hydrogen) atoms. The fourth-order valence-corrected chi connectivity index (χ4v) is 3.26. The van der Waals surface area contributed by atoms with Gasteiger partial charge in [-0.25, -0.2) is 0 Å². The van der Waals surface area contributed by atoms with Crippen LogP contribution in [0.2, 0.25) is 0 Å². The highest BCUT2D eigenvalue weighted by Crippen LogP contribution is 2.30. The predicted molar refractivity (Wildman–Crippen MR) is 102 cm³/mol. The smallest absolute Gasteiger partial charge is 0.313 e. The summed E-state index contributed by atoms with van der Waals surface area (Å²) in [6, 6.07) is 15.3. The van der Waals surface area contributed by atoms with Crippen LogP contribution in [0.15, 0.2) is 48.5 Å². The Hall–Kier alpha value is -2.62. The van der Waals surface area contributed by atoms with E-state index in [2.05, 4.69) is 0 Å². The molecule has 2 aromatic rings. The molecule has 4 heteroatoms. The number of nitrogens with zero attached hydrogens (tertiary/aromatic N) is 1. The van der Waals surface area contributed by atoms with E-state index in [0.717, 1.165) is 22.4 Å². The molecule has 1 aliphatic rings. The molecule has 1 heterocycles. The van der Waals surface area contributed by atoms with Crippen molar-refractivity contribution in [3.63, 3.8) is 0 Å². The Bertz CT molecular complexity index is 818. The molecular formula is C22H25NO3. The van der Waals surface area contributed by atoms with Gasteiger partial charge in [0.2, 0.25) is 0 Å². The molecule has 1 atom stereocenters. The number of hydrogen-bond donors (Lipinski definition) is 0. The third kappa shape index (κ3) is 3.64. The Labute approximate surface area is 154 Å². The molecule has 0 radical (unpaired) electrons. The Kier molecular flexibility index (Phi) is 4.86. The van der Waals surface area contributed by atoms with Gasteiger partial charge in [0.1, 0.15) is 5.60 Å². The van der Waals surface area contributed by atoms with E-state index in [1.54, 1.807) is 4.90 Å². The lowest BCUT2D eigenvalue weighted by Gasteiger charge is -2.24. The SMILES string of the molecule is CCC(C(=O)OC(C)(C)C)c1ccc(N2Cc3ccccc3C2=O)cc1. The zero-order chi connectivity index (χ0) is 18.9. The molecule has 1 unspecified atom stereocenters. The summed E-state index contributed by atoms with van der Waals surface area (Å²) >= 11 is 0. The summed E-state index contributed by atoms with van der Waals surface area (Å²) in [5.74, 6) is -0.486. The van der Waals surface area contributed by atoms with E-state index in [1.165, 1.54) is 0 Å². The van der Waals surface area contributed by atoms with Crippen molar-refractivity contribution in [2.75, 3.05) is 4.90 Å². The number of amides is 1. The van der Waals surface area contributed by atoms with Gasteiger partial charge in [-0.15, -0.1) is 0 Å². The predicted octanol–water partition coefficient (Wildman–Crippen LogP) is 4.68. The summed E-state index contributed by atoms with van der Waals surface area (Å²) in [7, 11) is 0. The first kappa shape index (κ1) is 18.2. The maximum atomic E-state index is 12.6. The van der Waals surface area contributed by atoms with E-state index in [9.17, 15) is 9.59 Å². The monoisotopic (exact) mass is 351 g/mol. The van der Waals surface area contributed by atoms with Gasteiger partial charge in [-0.3, -0.25) is 9.59 Å². The van der Waals surface area contributed by atoms with Gasteiger partial charge in [0.05, 0.1) is 12.5 Å². The number of fused-ring (bicyclic) bond motifs is 1. The number of ether oxygens (including phenoxy) is 1. The van der Waals surface area contributed by atoms with E-state index < -0.39 is 5.60 Å². The highest BCUT2D eigenvalue weighted by molar-refractivity contribution is 6.09. The van der Waals surface area contributed by atoms with E-state index in [0.29, 0.717) is 13.0 Å². The molecule has 4 nitrogen and oxygen atoms in total. The Morgan fingerprint density at radius 1 is 1.12 bits per heavy atom. The van der Waals surface area contributed by atoms with E-state index in [4.69, 9.17) is 4.74 Å². The van der Waals surface area contributed by atoms with Crippen LogP contribution in [0.1, 0.15) is 61.5 Å². The number of hydrogen-bond acceptors (Lipinski definition) is 3. The van der Waals surface area contributed by atoms with Crippen LogP contribution in [-0.2, 0) is 16.1 Å². The first-order valence-electron chi connectivity index (χ1n) is 9.02. The van der Waals surface area contributed by atoms with Crippen LogP contribution in [0.4, 0.5) is 5.69 Å². The summed E-state index contributed by atoms with van der Waals surface area (Å²) in [4.78, 5) is 26.8. The van der Waals surface area contributed by atoms with Gasteiger partial charge in [-0.1, -0.05) is 37.3 Å². The number of benzene rings is 2. The van der Waals surface area contributed by atoms with Crippen molar-refractivity contribution < 1.29 is 14.3 Å². The molecule has 136 valence electrons. The van der Waals surface area contributed by atoms with Gasteiger partial charge in [0, 0.05) is 11.3 Å².